The van der Waals surface area contributed by atoms with Crippen LogP contribution >= 0.6 is 0 Å². The molecule has 0 amide bonds. The highest BCUT2D eigenvalue weighted by Gasteiger charge is 2.04. The maximum atomic E-state index is 9.23. The number of nitriles is 1. The number of benzene rings is 1. The third kappa shape index (κ3) is 2.43. The molecule has 0 aliphatic carbocycles. The van der Waals surface area contributed by atoms with Gasteiger partial charge in [0.1, 0.15) is 5.82 Å². The largest absolute Gasteiger partial charge is 0.364 e. The van der Waals surface area contributed by atoms with Crippen LogP contribution in [0.1, 0.15) is 11.3 Å². The summed E-state index contributed by atoms with van der Waals surface area (Å²) >= 11 is 0. The average molecular weight is 260 g/mol. The predicted molar refractivity (Wildman–Crippen MR) is 78.0 cm³/mol. The highest BCUT2D eigenvalue weighted by Crippen LogP contribution is 2.20. The summed E-state index contributed by atoms with van der Waals surface area (Å²) in [5, 5.41) is 13.3. The predicted octanol–water partition coefficient (Wildman–Crippen LogP) is 3.11. The molecule has 20 heavy (non-hydrogen) atoms. The van der Waals surface area contributed by atoms with Gasteiger partial charge in [-0.3, -0.25) is 4.98 Å². The van der Waals surface area contributed by atoms with Crippen LogP contribution in [0.4, 0.5) is 5.82 Å². The summed E-state index contributed by atoms with van der Waals surface area (Å²) in [6.07, 6.45) is 1.76. The third-order valence-electron chi connectivity index (χ3n) is 3.01. The van der Waals surface area contributed by atoms with Crippen molar-refractivity contribution >= 4 is 16.7 Å². The number of aromatic nitrogens is 2. The summed E-state index contributed by atoms with van der Waals surface area (Å²) in [6.45, 7) is 0.580. The van der Waals surface area contributed by atoms with Gasteiger partial charge >= 0.3 is 0 Å². The lowest BCUT2D eigenvalue weighted by atomic mass is 10.1. The Morgan fingerprint density at radius 2 is 1.95 bits per heavy atom. The van der Waals surface area contributed by atoms with E-state index >= 15 is 0 Å². The molecule has 0 saturated heterocycles. The molecule has 0 radical (unpaired) electrons. The summed E-state index contributed by atoms with van der Waals surface area (Å²) in [5.41, 5.74) is 2.37. The van der Waals surface area contributed by atoms with Gasteiger partial charge in [0.25, 0.3) is 0 Å². The summed E-state index contributed by atoms with van der Waals surface area (Å²) in [6, 6.07) is 17.4. The Morgan fingerprint density at radius 1 is 1.10 bits per heavy atom. The van der Waals surface area contributed by atoms with E-state index in [1.54, 1.807) is 12.3 Å². The molecule has 1 N–H and O–H groups in total. The van der Waals surface area contributed by atoms with Crippen LogP contribution < -0.4 is 5.32 Å². The van der Waals surface area contributed by atoms with Gasteiger partial charge in [0.05, 0.1) is 29.4 Å². The first-order valence-electron chi connectivity index (χ1n) is 6.30. The average Bonchev–Trinajstić information content (AvgIpc) is 2.53. The Morgan fingerprint density at radius 3 is 2.75 bits per heavy atom. The second-order valence-electron chi connectivity index (χ2n) is 4.36. The lowest BCUT2D eigenvalue weighted by Gasteiger charge is -2.07. The third-order valence-corrected chi connectivity index (χ3v) is 3.01. The van der Waals surface area contributed by atoms with Crippen molar-refractivity contribution in [3.63, 3.8) is 0 Å². The standard InChI is InChI=1S/C16H12N4/c17-10-12-9-16(19-11-13-5-3-4-8-18-13)20-15-7-2-1-6-14(12)15/h1-9H,11H2,(H,19,20). The Balaban J connectivity index is 1.91. The normalized spacial score (nSPS) is 10.2. The molecule has 0 bridgehead atoms. The van der Waals surface area contributed by atoms with E-state index in [4.69, 9.17) is 0 Å². The number of hydrogen-bond acceptors (Lipinski definition) is 4. The Labute approximate surface area is 116 Å². The van der Waals surface area contributed by atoms with Crippen LogP contribution in [0.5, 0.6) is 0 Å². The van der Waals surface area contributed by atoms with Crippen molar-refractivity contribution in [1.29, 1.82) is 5.26 Å². The fourth-order valence-corrected chi connectivity index (χ4v) is 2.04. The van der Waals surface area contributed by atoms with Crippen molar-refractivity contribution < 1.29 is 0 Å². The number of nitrogens with zero attached hydrogens (tertiary/aromatic N) is 3. The molecule has 0 atom stereocenters. The molecule has 0 unspecified atom stereocenters. The Kier molecular flexibility index (Phi) is 3.25. The summed E-state index contributed by atoms with van der Waals surface area (Å²) in [5.74, 6) is 0.686. The maximum Gasteiger partial charge on any atom is 0.128 e. The minimum absolute atomic E-state index is 0.580. The van der Waals surface area contributed by atoms with E-state index in [0.29, 0.717) is 17.9 Å². The first-order valence-corrected chi connectivity index (χ1v) is 6.30. The lowest BCUT2D eigenvalue weighted by molar-refractivity contribution is 1.03. The number of anilines is 1. The van der Waals surface area contributed by atoms with Crippen LogP contribution in [0.25, 0.3) is 10.9 Å². The number of hydrogen-bond donors (Lipinski definition) is 1. The van der Waals surface area contributed by atoms with Crippen molar-refractivity contribution in [2.24, 2.45) is 0 Å². The van der Waals surface area contributed by atoms with E-state index in [1.165, 1.54) is 0 Å². The van der Waals surface area contributed by atoms with Crippen molar-refractivity contribution in [3.8, 4) is 6.07 Å². The van der Waals surface area contributed by atoms with E-state index in [2.05, 4.69) is 21.4 Å². The number of para-hydroxylation sites is 1. The van der Waals surface area contributed by atoms with E-state index in [-0.39, 0.29) is 0 Å². The van der Waals surface area contributed by atoms with Crippen molar-refractivity contribution in [2.75, 3.05) is 5.32 Å². The monoisotopic (exact) mass is 260 g/mol. The molecule has 3 rings (SSSR count). The summed E-state index contributed by atoms with van der Waals surface area (Å²) < 4.78 is 0. The van der Waals surface area contributed by atoms with E-state index in [9.17, 15) is 5.26 Å². The highest BCUT2D eigenvalue weighted by molar-refractivity contribution is 5.86. The van der Waals surface area contributed by atoms with Gasteiger partial charge in [-0.05, 0) is 24.3 Å². The SMILES string of the molecule is N#Cc1cc(NCc2ccccn2)nc2ccccc12. The zero-order chi connectivity index (χ0) is 13.8. The number of rotatable bonds is 3. The molecule has 4 nitrogen and oxygen atoms in total. The van der Waals surface area contributed by atoms with Gasteiger partial charge < -0.3 is 5.32 Å². The summed E-state index contributed by atoms with van der Waals surface area (Å²) in [4.78, 5) is 8.75. The number of nitrogens with one attached hydrogen (secondary N) is 1. The van der Waals surface area contributed by atoms with Crippen molar-refractivity contribution in [1.82, 2.24) is 9.97 Å². The van der Waals surface area contributed by atoms with Crippen LogP contribution in [0.2, 0.25) is 0 Å². The molecule has 0 saturated carbocycles. The molecule has 4 heteroatoms. The molecular weight excluding hydrogens is 248 g/mol. The smallest absolute Gasteiger partial charge is 0.128 e. The van der Waals surface area contributed by atoms with Crippen LogP contribution in [-0.2, 0) is 6.54 Å². The van der Waals surface area contributed by atoms with E-state index in [1.807, 2.05) is 42.5 Å². The van der Waals surface area contributed by atoms with Gasteiger partial charge in [-0.2, -0.15) is 5.26 Å². The topological polar surface area (TPSA) is 61.6 Å². The van der Waals surface area contributed by atoms with Crippen LogP contribution in [0.15, 0.2) is 54.7 Å². The second kappa shape index (κ2) is 5.37. The first kappa shape index (κ1) is 12.1. The molecular formula is C16H12N4. The van der Waals surface area contributed by atoms with Crippen LogP contribution in [0, 0.1) is 11.3 Å². The molecule has 1 aromatic carbocycles. The summed E-state index contributed by atoms with van der Waals surface area (Å²) in [7, 11) is 0. The quantitative estimate of drug-likeness (QED) is 0.786. The molecule has 0 aliphatic rings. The van der Waals surface area contributed by atoms with Gasteiger partial charge in [0.2, 0.25) is 0 Å². The lowest BCUT2D eigenvalue weighted by Crippen LogP contribution is -2.03. The molecule has 2 heterocycles. The highest BCUT2D eigenvalue weighted by atomic mass is 15.0. The minimum atomic E-state index is 0.580. The van der Waals surface area contributed by atoms with Crippen LogP contribution in [0.3, 0.4) is 0 Å². The molecule has 96 valence electrons. The van der Waals surface area contributed by atoms with E-state index < -0.39 is 0 Å². The Hall–Kier alpha value is -2.93. The van der Waals surface area contributed by atoms with Gasteiger partial charge in [0.15, 0.2) is 0 Å². The van der Waals surface area contributed by atoms with Gasteiger partial charge in [-0.1, -0.05) is 24.3 Å². The van der Waals surface area contributed by atoms with Gasteiger partial charge in [-0.25, -0.2) is 4.98 Å². The molecule has 2 aromatic heterocycles. The minimum Gasteiger partial charge on any atom is -0.364 e. The van der Waals surface area contributed by atoms with Crippen molar-refractivity contribution in [2.45, 2.75) is 6.54 Å². The molecule has 3 aromatic rings. The zero-order valence-corrected chi connectivity index (χ0v) is 10.7. The second-order valence-corrected chi connectivity index (χ2v) is 4.36. The number of pyridine rings is 2. The molecule has 0 spiro atoms. The maximum absolute atomic E-state index is 9.23. The molecule has 0 fully saturated rings. The Bertz CT molecular complexity index is 775. The van der Waals surface area contributed by atoms with E-state index in [0.717, 1.165) is 16.6 Å². The van der Waals surface area contributed by atoms with Crippen LogP contribution in [-0.4, -0.2) is 9.97 Å². The fourth-order valence-electron chi connectivity index (χ4n) is 2.04. The number of fused-ring (bicyclic) bond motifs is 1. The van der Waals surface area contributed by atoms with Crippen molar-refractivity contribution in [3.05, 3.63) is 66.0 Å². The fraction of sp³-hybridized carbons (Fsp3) is 0.0625. The zero-order valence-electron chi connectivity index (χ0n) is 10.7. The molecule has 0 aliphatic heterocycles. The van der Waals surface area contributed by atoms with Gasteiger partial charge in [-0.15, -0.1) is 0 Å². The van der Waals surface area contributed by atoms with Gasteiger partial charge in [0, 0.05) is 11.6 Å². The first-order chi connectivity index (χ1) is 9.86.